The lowest BCUT2D eigenvalue weighted by Gasteiger charge is -2.33. The minimum absolute atomic E-state index is 0.224. The molecular weight excluding hydrogens is 492 g/mol. The maximum atomic E-state index is 13.1. The van der Waals surface area contributed by atoms with Crippen molar-refractivity contribution >= 4 is 23.9 Å². The lowest BCUT2D eigenvalue weighted by atomic mass is 9.96. The highest BCUT2D eigenvalue weighted by molar-refractivity contribution is 5.91. The molecular formula is C29H26O9. The summed E-state index contributed by atoms with van der Waals surface area (Å²) in [5.41, 5.74) is -1.02. The number of esters is 4. The Morgan fingerprint density at radius 1 is 0.711 bits per heavy atom. The monoisotopic (exact) mass is 518 g/mol. The van der Waals surface area contributed by atoms with Gasteiger partial charge in [-0.25, -0.2) is 14.4 Å². The van der Waals surface area contributed by atoms with E-state index in [1.165, 1.54) is 6.92 Å². The Bertz CT molecular complexity index is 1280. The van der Waals surface area contributed by atoms with Crippen LogP contribution in [0.1, 0.15) is 44.9 Å². The molecule has 4 atom stereocenters. The van der Waals surface area contributed by atoms with Gasteiger partial charge in [0.1, 0.15) is 12.7 Å². The molecule has 0 bridgehead atoms. The van der Waals surface area contributed by atoms with Crippen LogP contribution in [0.4, 0.5) is 0 Å². The molecule has 0 spiro atoms. The molecule has 1 fully saturated rings. The Kier molecular flexibility index (Phi) is 8.18. The minimum Gasteiger partial charge on any atom is -0.459 e. The van der Waals surface area contributed by atoms with Crippen molar-refractivity contribution < 1.29 is 42.9 Å². The van der Waals surface area contributed by atoms with Gasteiger partial charge in [0.05, 0.1) is 16.7 Å². The third-order valence-corrected chi connectivity index (χ3v) is 5.90. The van der Waals surface area contributed by atoms with E-state index < -0.39 is 48.0 Å². The van der Waals surface area contributed by atoms with Gasteiger partial charge in [-0.15, -0.1) is 0 Å². The lowest BCUT2D eigenvalue weighted by molar-refractivity contribution is -0.206. The van der Waals surface area contributed by atoms with E-state index in [1.54, 1.807) is 91.0 Å². The summed E-state index contributed by atoms with van der Waals surface area (Å²) in [5.74, 6) is -2.84. The van der Waals surface area contributed by atoms with Crippen molar-refractivity contribution in [3.05, 3.63) is 108 Å². The average molecular weight is 519 g/mol. The van der Waals surface area contributed by atoms with Crippen LogP contribution in [0.15, 0.2) is 91.0 Å². The van der Waals surface area contributed by atoms with E-state index in [0.717, 1.165) is 6.92 Å². The molecule has 9 heteroatoms. The molecule has 1 heterocycles. The predicted molar refractivity (Wildman–Crippen MR) is 133 cm³/mol. The summed E-state index contributed by atoms with van der Waals surface area (Å²) in [6, 6.07) is 24.6. The zero-order valence-corrected chi connectivity index (χ0v) is 20.8. The van der Waals surface area contributed by atoms with Gasteiger partial charge in [-0.2, -0.15) is 0 Å². The second-order valence-electron chi connectivity index (χ2n) is 8.71. The largest absolute Gasteiger partial charge is 0.459 e. The molecule has 0 radical (unpaired) electrons. The zero-order chi connectivity index (χ0) is 27.1. The van der Waals surface area contributed by atoms with Crippen molar-refractivity contribution in [2.45, 2.75) is 37.9 Å². The molecule has 0 amide bonds. The van der Waals surface area contributed by atoms with Crippen molar-refractivity contribution in [2.75, 3.05) is 6.61 Å². The van der Waals surface area contributed by atoms with E-state index in [4.69, 9.17) is 23.7 Å². The fourth-order valence-electron chi connectivity index (χ4n) is 4.00. The Hall–Kier alpha value is -4.50. The number of benzene rings is 3. The van der Waals surface area contributed by atoms with E-state index >= 15 is 0 Å². The van der Waals surface area contributed by atoms with Gasteiger partial charge < -0.3 is 23.7 Å². The first-order chi connectivity index (χ1) is 18.3. The molecule has 1 aliphatic rings. The third kappa shape index (κ3) is 6.07. The maximum Gasteiger partial charge on any atom is 0.339 e. The molecule has 196 valence electrons. The highest BCUT2D eigenvalue weighted by atomic mass is 16.8. The first-order valence-corrected chi connectivity index (χ1v) is 11.9. The summed E-state index contributed by atoms with van der Waals surface area (Å²) in [7, 11) is 0. The first kappa shape index (κ1) is 26.6. The molecule has 9 nitrogen and oxygen atoms in total. The van der Waals surface area contributed by atoms with Crippen LogP contribution in [0.5, 0.6) is 0 Å². The maximum absolute atomic E-state index is 13.1. The van der Waals surface area contributed by atoms with Crippen molar-refractivity contribution in [1.29, 1.82) is 0 Å². The van der Waals surface area contributed by atoms with Crippen molar-refractivity contribution in [3.8, 4) is 0 Å². The van der Waals surface area contributed by atoms with Crippen LogP contribution >= 0.6 is 0 Å². The van der Waals surface area contributed by atoms with Gasteiger partial charge in [0.2, 0.25) is 11.9 Å². The number of carbonyl (C=O) groups is 4. The predicted octanol–water partition coefficient (Wildman–Crippen LogP) is 3.97. The van der Waals surface area contributed by atoms with Crippen molar-refractivity contribution in [3.63, 3.8) is 0 Å². The van der Waals surface area contributed by atoms with Gasteiger partial charge in [0.25, 0.3) is 0 Å². The molecule has 0 saturated carbocycles. The molecule has 1 unspecified atom stereocenters. The average Bonchev–Trinajstić information content (AvgIpc) is 3.17. The summed E-state index contributed by atoms with van der Waals surface area (Å²) in [4.78, 5) is 50.6. The third-order valence-electron chi connectivity index (χ3n) is 5.90. The fraction of sp³-hybridized carbons (Fsp3) is 0.241. The van der Waals surface area contributed by atoms with E-state index in [1.807, 2.05) is 0 Å². The number of rotatable bonds is 8. The van der Waals surface area contributed by atoms with Gasteiger partial charge >= 0.3 is 23.9 Å². The van der Waals surface area contributed by atoms with Gasteiger partial charge in [-0.1, -0.05) is 54.6 Å². The first-order valence-electron chi connectivity index (χ1n) is 11.9. The fourth-order valence-corrected chi connectivity index (χ4v) is 4.00. The SMILES string of the molecule is CC(=O)O[C@@H]1O[C@H](COC(=O)c2ccccc2)[C@H](OC(=O)c2ccccc2)C1(C)OC(=O)c1ccccc1. The van der Waals surface area contributed by atoms with E-state index in [0.29, 0.717) is 5.56 Å². The quantitative estimate of drug-likeness (QED) is 0.323. The Morgan fingerprint density at radius 3 is 1.68 bits per heavy atom. The lowest BCUT2D eigenvalue weighted by Crippen LogP contribution is -2.52. The Labute approximate surface area is 219 Å². The molecule has 3 aromatic carbocycles. The van der Waals surface area contributed by atoms with Crippen LogP contribution in [-0.2, 0) is 28.5 Å². The van der Waals surface area contributed by atoms with Crippen LogP contribution in [0.2, 0.25) is 0 Å². The highest BCUT2D eigenvalue weighted by Crippen LogP contribution is 2.39. The number of ether oxygens (including phenoxy) is 5. The Balaban J connectivity index is 1.64. The van der Waals surface area contributed by atoms with Crippen molar-refractivity contribution in [1.82, 2.24) is 0 Å². The summed E-state index contributed by atoms with van der Waals surface area (Å²) in [6.07, 6.45) is -3.90. The highest BCUT2D eigenvalue weighted by Gasteiger charge is 2.61. The van der Waals surface area contributed by atoms with E-state index in [9.17, 15) is 19.2 Å². The second kappa shape index (κ2) is 11.7. The molecule has 1 aliphatic heterocycles. The van der Waals surface area contributed by atoms with Crippen LogP contribution < -0.4 is 0 Å². The van der Waals surface area contributed by atoms with Gasteiger partial charge in [-0.05, 0) is 43.3 Å². The molecule has 0 aromatic heterocycles. The minimum atomic E-state index is -1.78. The molecule has 1 saturated heterocycles. The second-order valence-corrected chi connectivity index (χ2v) is 8.71. The van der Waals surface area contributed by atoms with Crippen LogP contribution in [0.25, 0.3) is 0 Å². The topological polar surface area (TPSA) is 114 Å². The normalized spacial score (nSPS) is 22.2. The van der Waals surface area contributed by atoms with Gasteiger partial charge in [0, 0.05) is 6.92 Å². The molecule has 3 aromatic rings. The van der Waals surface area contributed by atoms with Crippen LogP contribution in [0, 0.1) is 0 Å². The number of hydrogen-bond acceptors (Lipinski definition) is 9. The van der Waals surface area contributed by atoms with Gasteiger partial charge in [0.15, 0.2) is 6.10 Å². The van der Waals surface area contributed by atoms with E-state index in [2.05, 4.69) is 0 Å². The van der Waals surface area contributed by atoms with Crippen LogP contribution in [-0.4, -0.2) is 54.6 Å². The summed E-state index contributed by atoms with van der Waals surface area (Å²) in [5, 5.41) is 0. The van der Waals surface area contributed by atoms with Crippen molar-refractivity contribution in [2.24, 2.45) is 0 Å². The summed E-state index contributed by atoms with van der Waals surface area (Å²) < 4.78 is 28.2. The number of hydrogen-bond donors (Lipinski definition) is 0. The molecule has 38 heavy (non-hydrogen) atoms. The standard InChI is InChI=1S/C29H26O9/c1-19(30)35-28-29(2,38-27(33)22-16-10-5-11-17-22)24(37-26(32)21-14-8-4-9-15-21)23(36-28)18-34-25(31)20-12-6-3-7-13-20/h3-17,23-24,28H,18H2,1-2H3/t23-,24+,28-,29?/m1/s1. The summed E-state index contributed by atoms with van der Waals surface area (Å²) in [6.45, 7) is 2.22. The smallest absolute Gasteiger partial charge is 0.339 e. The van der Waals surface area contributed by atoms with E-state index in [-0.39, 0.29) is 17.7 Å². The summed E-state index contributed by atoms with van der Waals surface area (Å²) >= 11 is 0. The van der Waals surface area contributed by atoms with Gasteiger partial charge in [-0.3, -0.25) is 4.79 Å². The Morgan fingerprint density at radius 2 is 1.18 bits per heavy atom. The van der Waals surface area contributed by atoms with Crippen LogP contribution in [0.3, 0.4) is 0 Å². The molecule has 4 rings (SSSR count). The number of carbonyl (C=O) groups excluding carboxylic acids is 4. The molecule has 0 aliphatic carbocycles. The zero-order valence-electron chi connectivity index (χ0n) is 20.8. The molecule has 0 N–H and O–H groups in total.